The van der Waals surface area contributed by atoms with Crippen molar-refractivity contribution < 1.29 is 18.0 Å². The Kier molecular flexibility index (Phi) is 9.67. The molecular weight excluding hydrogens is 497 g/mol. The lowest BCUT2D eigenvalue weighted by atomic mass is 9.95. The van der Waals surface area contributed by atoms with Gasteiger partial charge >= 0.3 is 6.18 Å². The molecule has 9 heteroatoms. The second-order valence-electron chi connectivity index (χ2n) is 8.61. The van der Waals surface area contributed by atoms with Gasteiger partial charge in [-0.05, 0) is 74.0 Å². The van der Waals surface area contributed by atoms with E-state index in [0.29, 0.717) is 35.4 Å². The number of pyridine rings is 1. The Balaban J connectivity index is 1.87. The van der Waals surface area contributed by atoms with Crippen molar-refractivity contribution in [3.05, 3.63) is 68.6 Å². The number of Topliss-reactive ketones (excluding diaryl/α,β-unsaturated/α-hetero) is 1. The van der Waals surface area contributed by atoms with Gasteiger partial charge in [-0.1, -0.05) is 37.6 Å². The maximum Gasteiger partial charge on any atom is 0.421 e. The van der Waals surface area contributed by atoms with Crippen molar-refractivity contribution >= 4 is 34.7 Å². The quantitative estimate of drug-likeness (QED) is 0.277. The lowest BCUT2D eigenvalue weighted by Crippen LogP contribution is -2.24. The Morgan fingerprint density at radius 3 is 2.51 bits per heavy atom. The number of hydrogen-bond acceptors (Lipinski definition) is 4. The molecule has 1 aliphatic rings. The summed E-state index contributed by atoms with van der Waals surface area (Å²) in [6, 6.07) is 7.58. The summed E-state index contributed by atoms with van der Waals surface area (Å²) in [7, 11) is 0. The van der Waals surface area contributed by atoms with Crippen LogP contribution in [0.5, 0.6) is 0 Å². The number of alkyl halides is 3. The molecule has 4 nitrogen and oxygen atoms in total. The van der Waals surface area contributed by atoms with Crippen molar-refractivity contribution in [2.75, 3.05) is 25.4 Å². The van der Waals surface area contributed by atoms with Gasteiger partial charge in [0.1, 0.15) is 11.3 Å². The van der Waals surface area contributed by atoms with Crippen LogP contribution in [-0.4, -0.2) is 41.1 Å². The predicted molar refractivity (Wildman–Crippen MR) is 136 cm³/mol. The Labute approximate surface area is 212 Å². The number of ketones is 1. The fraction of sp³-hybridized carbons (Fsp3) is 0.462. The van der Waals surface area contributed by atoms with Crippen molar-refractivity contribution in [2.45, 2.75) is 50.6 Å². The SMILES string of the molecule is CCN(CC)CCCSc1ccc(/C(=C/[C@H]2CCC(=O)C2)c2ccc(C(F)(F)F)c(=O)[nH]2)cc1Cl. The third-order valence-corrected chi connectivity index (χ3v) is 7.79. The normalized spacial score (nSPS) is 16.9. The molecule has 0 saturated heterocycles. The molecule has 0 amide bonds. The average molecular weight is 527 g/mol. The topological polar surface area (TPSA) is 53.2 Å². The van der Waals surface area contributed by atoms with E-state index in [1.807, 2.05) is 18.2 Å². The molecule has 190 valence electrons. The van der Waals surface area contributed by atoms with Crippen LogP contribution < -0.4 is 5.56 Å². The lowest BCUT2D eigenvalue weighted by Gasteiger charge is -2.17. The van der Waals surface area contributed by atoms with Crippen LogP contribution >= 0.6 is 23.4 Å². The molecule has 2 aromatic rings. The van der Waals surface area contributed by atoms with E-state index in [4.69, 9.17) is 11.6 Å². The first-order valence-corrected chi connectivity index (χ1v) is 13.2. The number of aromatic amines is 1. The molecule has 1 aromatic carbocycles. The Hall–Kier alpha value is -2.03. The zero-order valence-electron chi connectivity index (χ0n) is 19.9. The molecule has 0 spiro atoms. The molecule has 1 N–H and O–H groups in total. The molecule has 0 radical (unpaired) electrons. The summed E-state index contributed by atoms with van der Waals surface area (Å²) in [5.41, 5.74) is -0.938. The molecule has 3 rings (SSSR count). The van der Waals surface area contributed by atoms with Gasteiger partial charge in [-0.25, -0.2) is 0 Å². The van der Waals surface area contributed by atoms with Crippen LogP contribution in [0.15, 0.2) is 46.1 Å². The monoisotopic (exact) mass is 526 g/mol. The van der Waals surface area contributed by atoms with Gasteiger partial charge in [-0.2, -0.15) is 13.2 Å². The summed E-state index contributed by atoms with van der Waals surface area (Å²) in [4.78, 5) is 29.6. The van der Waals surface area contributed by atoms with E-state index in [-0.39, 0.29) is 17.4 Å². The van der Waals surface area contributed by atoms with Crippen LogP contribution in [0.3, 0.4) is 0 Å². The lowest BCUT2D eigenvalue weighted by molar-refractivity contribution is -0.138. The second-order valence-corrected chi connectivity index (χ2v) is 10.2. The van der Waals surface area contributed by atoms with Crippen molar-refractivity contribution in [3.8, 4) is 0 Å². The third-order valence-electron chi connectivity index (χ3n) is 6.20. The predicted octanol–water partition coefficient (Wildman–Crippen LogP) is 6.67. The Morgan fingerprint density at radius 1 is 1.20 bits per heavy atom. The van der Waals surface area contributed by atoms with Crippen LogP contribution in [0.4, 0.5) is 13.2 Å². The second kappa shape index (κ2) is 12.3. The average Bonchev–Trinajstić information content (AvgIpc) is 3.22. The first kappa shape index (κ1) is 27.6. The number of carbonyl (C=O) groups excluding carboxylic acids is 1. The highest BCUT2D eigenvalue weighted by molar-refractivity contribution is 7.99. The number of H-pyrrole nitrogens is 1. The van der Waals surface area contributed by atoms with Gasteiger partial charge in [0, 0.05) is 29.0 Å². The molecule has 0 aliphatic heterocycles. The van der Waals surface area contributed by atoms with Crippen LogP contribution in [0.25, 0.3) is 5.57 Å². The number of carbonyl (C=O) groups is 1. The first-order chi connectivity index (χ1) is 16.6. The fourth-order valence-electron chi connectivity index (χ4n) is 4.21. The molecule has 0 bridgehead atoms. The van der Waals surface area contributed by atoms with Crippen molar-refractivity contribution in [1.82, 2.24) is 9.88 Å². The van der Waals surface area contributed by atoms with Crippen LogP contribution in [0.1, 0.15) is 56.4 Å². The number of thioether (sulfide) groups is 1. The number of halogens is 4. The summed E-state index contributed by atoms with van der Waals surface area (Å²) >= 11 is 8.24. The maximum atomic E-state index is 13.1. The zero-order chi connectivity index (χ0) is 25.6. The minimum absolute atomic E-state index is 0.0452. The number of nitrogens with zero attached hydrogens (tertiary/aromatic N) is 1. The van der Waals surface area contributed by atoms with E-state index in [0.717, 1.165) is 42.8 Å². The number of nitrogens with one attached hydrogen (secondary N) is 1. The molecule has 35 heavy (non-hydrogen) atoms. The number of rotatable bonds is 10. The third kappa shape index (κ3) is 7.48. The number of hydrogen-bond donors (Lipinski definition) is 1. The summed E-state index contributed by atoms with van der Waals surface area (Å²) in [5.74, 6) is 1.02. The van der Waals surface area contributed by atoms with E-state index in [1.54, 1.807) is 17.8 Å². The van der Waals surface area contributed by atoms with E-state index in [1.165, 1.54) is 6.07 Å². The van der Waals surface area contributed by atoms with Gasteiger partial charge in [-0.15, -0.1) is 11.8 Å². The molecule has 1 saturated carbocycles. The number of benzene rings is 1. The highest BCUT2D eigenvalue weighted by atomic mass is 35.5. The van der Waals surface area contributed by atoms with Crippen LogP contribution in [0.2, 0.25) is 5.02 Å². The van der Waals surface area contributed by atoms with Gasteiger partial charge in [0.15, 0.2) is 0 Å². The van der Waals surface area contributed by atoms with E-state index in [9.17, 15) is 22.8 Å². The highest BCUT2D eigenvalue weighted by Gasteiger charge is 2.34. The zero-order valence-corrected chi connectivity index (χ0v) is 21.5. The van der Waals surface area contributed by atoms with Gasteiger partial charge in [-0.3, -0.25) is 9.59 Å². The summed E-state index contributed by atoms with van der Waals surface area (Å²) in [6.07, 6.45) is -0.322. The Morgan fingerprint density at radius 2 is 1.94 bits per heavy atom. The molecule has 1 atom stereocenters. The van der Waals surface area contributed by atoms with Gasteiger partial charge < -0.3 is 9.88 Å². The Bertz CT molecular complexity index is 1130. The van der Waals surface area contributed by atoms with Crippen molar-refractivity contribution in [1.29, 1.82) is 0 Å². The van der Waals surface area contributed by atoms with Crippen LogP contribution in [0, 0.1) is 5.92 Å². The smallest absolute Gasteiger partial charge is 0.321 e. The highest BCUT2D eigenvalue weighted by Crippen LogP contribution is 2.35. The van der Waals surface area contributed by atoms with Gasteiger partial charge in [0.2, 0.25) is 0 Å². The molecule has 1 fully saturated rings. The first-order valence-electron chi connectivity index (χ1n) is 11.8. The summed E-state index contributed by atoms with van der Waals surface area (Å²) < 4.78 is 39.3. The standard InChI is InChI=1S/C26H30ClF3N2O2S/c1-3-32(4-2)12-5-13-35-24-11-7-18(16-22(24)27)20(15-17-6-8-19(33)14-17)23-10-9-21(25(34)31-23)26(28,29)30/h7,9-11,15-17H,3-6,8,12-14H2,1-2H3,(H,31,34)/b20-15-/t17-/m0/s1. The number of allylic oxidation sites excluding steroid dienone is 1. The molecule has 1 aliphatic carbocycles. The van der Waals surface area contributed by atoms with E-state index < -0.39 is 17.3 Å². The molecule has 0 unspecified atom stereocenters. The largest absolute Gasteiger partial charge is 0.421 e. The van der Waals surface area contributed by atoms with E-state index >= 15 is 0 Å². The summed E-state index contributed by atoms with van der Waals surface area (Å²) in [6.45, 7) is 7.34. The van der Waals surface area contributed by atoms with Crippen molar-refractivity contribution in [2.24, 2.45) is 5.92 Å². The molecule has 1 heterocycles. The maximum absolute atomic E-state index is 13.1. The fourth-order valence-corrected chi connectivity index (χ4v) is 5.41. The van der Waals surface area contributed by atoms with E-state index in [2.05, 4.69) is 23.7 Å². The van der Waals surface area contributed by atoms with Gasteiger partial charge in [0.25, 0.3) is 5.56 Å². The van der Waals surface area contributed by atoms with Gasteiger partial charge in [0.05, 0.1) is 5.02 Å². The number of aromatic nitrogens is 1. The molecular formula is C26H30ClF3N2O2S. The summed E-state index contributed by atoms with van der Waals surface area (Å²) in [5, 5.41) is 0.540. The van der Waals surface area contributed by atoms with Crippen LogP contribution in [-0.2, 0) is 11.0 Å². The minimum atomic E-state index is -4.73. The van der Waals surface area contributed by atoms with Crippen molar-refractivity contribution in [3.63, 3.8) is 0 Å². The molecule has 1 aromatic heterocycles. The minimum Gasteiger partial charge on any atom is -0.321 e.